The molecule has 0 heterocycles. The second-order valence-corrected chi connectivity index (χ2v) is 5.58. The molecule has 0 unspecified atom stereocenters. The molecule has 3 N–H and O–H groups in total. The first-order valence-electron chi connectivity index (χ1n) is 7.38. The summed E-state index contributed by atoms with van der Waals surface area (Å²) in [6.07, 6.45) is -1.21. The number of amides is 1. The Hall–Kier alpha value is -2.87. The van der Waals surface area contributed by atoms with Gasteiger partial charge in [-0.25, -0.2) is 4.79 Å². The van der Waals surface area contributed by atoms with Gasteiger partial charge >= 0.3 is 12.6 Å². The van der Waals surface area contributed by atoms with Crippen LogP contribution in [0.1, 0.15) is 17.3 Å². The van der Waals surface area contributed by atoms with Crippen LogP contribution < -0.4 is 15.8 Å². The number of carbonyl (C=O) groups is 2. The molecule has 26 heavy (non-hydrogen) atoms. The Labute approximate surface area is 152 Å². The number of hydrogen-bond acceptors (Lipinski definition) is 5. The third-order valence-electron chi connectivity index (χ3n) is 3.25. The van der Waals surface area contributed by atoms with Crippen molar-refractivity contribution in [1.82, 2.24) is 0 Å². The molecule has 0 aliphatic carbocycles. The molecule has 0 bridgehead atoms. The van der Waals surface area contributed by atoms with Crippen molar-refractivity contribution in [1.29, 1.82) is 0 Å². The molecule has 0 aliphatic heterocycles. The van der Waals surface area contributed by atoms with Gasteiger partial charge in [0.05, 0.1) is 11.3 Å². The minimum Gasteiger partial charge on any atom is -0.449 e. The van der Waals surface area contributed by atoms with E-state index >= 15 is 0 Å². The molecule has 2 aromatic carbocycles. The summed E-state index contributed by atoms with van der Waals surface area (Å²) in [7, 11) is 0. The lowest BCUT2D eigenvalue weighted by Crippen LogP contribution is -2.30. The fraction of sp³-hybridized carbons (Fsp3) is 0.176. The smallest absolute Gasteiger partial charge is 0.387 e. The average molecular weight is 385 g/mol. The van der Waals surface area contributed by atoms with E-state index in [1.165, 1.54) is 49.4 Å². The predicted molar refractivity (Wildman–Crippen MR) is 92.4 cm³/mol. The molecule has 0 fully saturated rings. The van der Waals surface area contributed by atoms with Crippen molar-refractivity contribution in [2.75, 3.05) is 11.1 Å². The zero-order chi connectivity index (χ0) is 19.3. The average Bonchev–Trinajstić information content (AvgIpc) is 2.55. The van der Waals surface area contributed by atoms with Crippen molar-refractivity contribution >= 4 is 34.9 Å². The van der Waals surface area contributed by atoms with Gasteiger partial charge in [-0.05, 0) is 37.3 Å². The molecule has 0 radical (unpaired) electrons. The second kappa shape index (κ2) is 8.48. The number of alkyl halides is 2. The number of benzene rings is 2. The van der Waals surface area contributed by atoms with E-state index in [9.17, 15) is 18.4 Å². The van der Waals surface area contributed by atoms with Gasteiger partial charge in [0, 0.05) is 10.7 Å². The normalized spacial score (nSPS) is 11.7. The van der Waals surface area contributed by atoms with Crippen LogP contribution in [0.3, 0.4) is 0 Å². The highest BCUT2D eigenvalue weighted by Crippen LogP contribution is 2.26. The van der Waals surface area contributed by atoms with Crippen molar-refractivity contribution in [2.24, 2.45) is 0 Å². The molecule has 0 aliphatic rings. The van der Waals surface area contributed by atoms with Crippen molar-refractivity contribution in [3.8, 4) is 5.75 Å². The summed E-state index contributed by atoms with van der Waals surface area (Å²) < 4.78 is 34.2. The summed E-state index contributed by atoms with van der Waals surface area (Å²) in [5, 5.41) is 2.72. The molecule has 0 spiro atoms. The highest BCUT2D eigenvalue weighted by Gasteiger charge is 2.22. The van der Waals surface area contributed by atoms with Gasteiger partial charge in [-0.2, -0.15) is 8.78 Å². The topological polar surface area (TPSA) is 90.7 Å². The van der Waals surface area contributed by atoms with E-state index < -0.39 is 24.6 Å². The molecular formula is C17H15ClF2N2O4. The number of ether oxygens (including phenoxy) is 2. The molecular weight excluding hydrogens is 370 g/mol. The molecule has 6 nitrogen and oxygen atoms in total. The first-order valence-corrected chi connectivity index (χ1v) is 7.76. The van der Waals surface area contributed by atoms with Crippen LogP contribution in [-0.2, 0) is 9.53 Å². The second-order valence-electron chi connectivity index (χ2n) is 5.14. The Kier molecular flexibility index (Phi) is 6.35. The molecule has 2 aromatic rings. The van der Waals surface area contributed by atoms with E-state index in [2.05, 4.69) is 10.1 Å². The SMILES string of the molecule is C[C@H](OC(=O)c1ccc(Cl)cc1N)C(=O)Nc1ccccc1OC(F)F. The Morgan fingerprint density at radius 1 is 1.19 bits per heavy atom. The lowest BCUT2D eigenvalue weighted by molar-refractivity contribution is -0.123. The molecule has 1 atom stereocenters. The number of halogens is 3. The van der Waals surface area contributed by atoms with Gasteiger partial charge in [0.2, 0.25) is 0 Å². The highest BCUT2D eigenvalue weighted by atomic mass is 35.5. The molecule has 0 aromatic heterocycles. The number of nitrogen functional groups attached to an aromatic ring is 1. The summed E-state index contributed by atoms with van der Waals surface area (Å²) in [6.45, 7) is -1.72. The number of anilines is 2. The molecule has 1 amide bonds. The Morgan fingerprint density at radius 2 is 1.88 bits per heavy atom. The Bertz CT molecular complexity index is 817. The van der Waals surface area contributed by atoms with Crippen LogP contribution in [0.5, 0.6) is 5.75 Å². The van der Waals surface area contributed by atoms with Crippen molar-refractivity contribution in [3.05, 3.63) is 53.1 Å². The first kappa shape index (κ1) is 19.5. The lowest BCUT2D eigenvalue weighted by atomic mass is 10.2. The fourth-order valence-electron chi connectivity index (χ4n) is 2.00. The van der Waals surface area contributed by atoms with Gasteiger partial charge in [-0.3, -0.25) is 4.79 Å². The van der Waals surface area contributed by atoms with Crippen molar-refractivity contribution in [2.45, 2.75) is 19.6 Å². The number of nitrogens with one attached hydrogen (secondary N) is 1. The number of carbonyl (C=O) groups excluding carboxylic acids is 2. The van der Waals surface area contributed by atoms with Crippen molar-refractivity contribution < 1.29 is 27.8 Å². The van der Waals surface area contributed by atoms with E-state index in [1.54, 1.807) is 0 Å². The van der Waals surface area contributed by atoms with Gasteiger partial charge in [0.15, 0.2) is 6.10 Å². The standard InChI is InChI=1S/C17H15ClF2N2O4/c1-9(25-16(24)11-7-6-10(18)8-12(11)21)15(23)22-13-4-2-3-5-14(13)26-17(19)20/h2-9,17H,21H2,1H3,(H,22,23)/t9-/m0/s1. The third-order valence-corrected chi connectivity index (χ3v) is 3.48. The number of esters is 1. The van der Waals surface area contributed by atoms with Gasteiger partial charge in [-0.15, -0.1) is 0 Å². The van der Waals surface area contributed by atoms with Gasteiger partial charge in [0.1, 0.15) is 5.75 Å². The van der Waals surface area contributed by atoms with Gasteiger partial charge in [0.25, 0.3) is 5.91 Å². The molecule has 0 saturated heterocycles. The largest absolute Gasteiger partial charge is 0.449 e. The highest BCUT2D eigenvalue weighted by molar-refractivity contribution is 6.31. The lowest BCUT2D eigenvalue weighted by Gasteiger charge is -2.16. The minimum absolute atomic E-state index is 0.0201. The summed E-state index contributed by atoms with van der Waals surface area (Å²) in [5.41, 5.74) is 5.86. The number of rotatable bonds is 6. The monoisotopic (exact) mass is 384 g/mol. The van der Waals surface area contributed by atoms with Crippen LogP contribution >= 0.6 is 11.6 Å². The summed E-state index contributed by atoms with van der Waals surface area (Å²) in [5.74, 6) is -1.76. The molecule has 0 saturated carbocycles. The maximum Gasteiger partial charge on any atom is 0.387 e. The van der Waals surface area contributed by atoms with Crippen molar-refractivity contribution in [3.63, 3.8) is 0 Å². The van der Waals surface area contributed by atoms with Gasteiger partial charge < -0.3 is 20.5 Å². The van der Waals surface area contributed by atoms with Crippen LogP contribution in [-0.4, -0.2) is 24.6 Å². The van der Waals surface area contributed by atoms with Crippen LogP contribution in [0.4, 0.5) is 20.2 Å². The number of nitrogens with two attached hydrogens (primary N) is 1. The van der Waals surface area contributed by atoms with E-state index in [-0.39, 0.29) is 22.7 Å². The maximum atomic E-state index is 12.4. The fourth-order valence-corrected chi connectivity index (χ4v) is 2.18. The first-order chi connectivity index (χ1) is 12.3. The number of hydrogen-bond donors (Lipinski definition) is 2. The maximum absolute atomic E-state index is 12.4. The van der Waals surface area contributed by atoms with E-state index in [0.29, 0.717) is 5.02 Å². The molecule has 138 valence electrons. The molecule has 2 rings (SSSR count). The van der Waals surface area contributed by atoms with Crippen LogP contribution in [0.15, 0.2) is 42.5 Å². The number of para-hydroxylation sites is 2. The van der Waals surface area contributed by atoms with Crippen LogP contribution in [0, 0.1) is 0 Å². The summed E-state index contributed by atoms with van der Waals surface area (Å²) in [4.78, 5) is 24.3. The Morgan fingerprint density at radius 3 is 2.54 bits per heavy atom. The predicted octanol–water partition coefficient (Wildman–Crippen LogP) is 3.71. The summed E-state index contributed by atoms with van der Waals surface area (Å²) >= 11 is 5.76. The van der Waals surface area contributed by atoms with Crippen LogP contribution in [0.25, 0.3) is 0 Å². The zero-order valence-electron chi connectivity index (χ0n) is 13.5. The third kappa shape index (κ3) is 5.06. The summed E-state index contributed by atoms with van der Waals surface area (Å²) in [6, 6.07) is 9.85. The zero-order valence-corrected chi connectivity index (χ0v) is 14.3. The van der Waals surface area contributed by atoms with Gasteiger partial charge in [-0.1, -0.05) is 23.7 Å². The van der Waals surface area contributed by atoms with E-state index in [1.807, 2.05) is 0 Å². The van der Waals surface area contributed by atoms with Crippen LogP contribution in [0.2, 0.25) is 5.02 Å². The van der Waals surface area contributed by atoms with E-state index in [0.717, 1.165) is 0 Å². The minimum atomic E-state index is -3.05. The van der Waals surface area contributed by atoms with E-state index in [4.69, 9.17) is 22.1 Å². The quantitative estimate of drug-likeness (QED) is 0.585. The molecule has 9 heteroatoms. The Balaban J connectivity index is 2.05.